The Morgan fingerprint density at radius 1 is 1.14 bits per heavy atom. The second-order valence-electron chi connectivity index (χ2n) is 8.27. The highest BCUT2D eigenvalue weighted by Gasteiger charge is 2.29. The fraction of sp³-hybridized carbons (Fsp3) is 0.167. The maximum Gasteiger partial charge on any atom is 0.353 e. The van der Waals surface area contributed by atoms with Crippen molar-refractivity contribution in [2.45, 2.75) is 20.3 Å². The first kappa shape index (κ1) is 28.3. The molecule has 0 fully saturated rings. The number of aromatic carboxylic acids is 1. The van der Waals surface area contributed by atoms with Crippen LogP contribution in [-0.4, -0.2) is 33.9 Å². The van der Waals surface area contributed by atoms with E-state index in [-0.39, 0.29) is 52.1 Å². The number of phenols is 1. The average Bonchev–Trinajstić information content (AvgIpc) is 3.24. The Balaban J connectivity index is 0.00000456. The van der Waals surface area contributed by atoms with Gasteiger partial charge in [0.15, 0.2) is 11.6 Å². The largest absolute Gasteiger partial charge is 0.507 e. The molecule has 3 rings (SSSR count). The van der Waals surface area contributed by atoms with Gasteiger partial charge in [-0.05, 0) is 55.0 Å². The van der Waals surface area contributed by atoms with E-state index in [9.17, 15) is 23.9 Å². The van der Waals surface area contributed by atoms with Crippen molar-refractivity contribution < 1.29 is 33.7 Å². The van der Waals surface area contributed by atoms with Crippen molar-refractivity contribution in [2.24, 2.45) is 11.1 Å². The summed E-state index contributed by atoms with van der Waals surface area (Å²) in [5.74, 6) is -4.37. The topological polar surface area (TPSA) is 163 Å². The maximum atomic E-state index is 14.2. The number of benzene rings is 2. The van der Waals surface area contributed by atoms with Crippen molar-refractivity contribution in [3.8, 4) is 11.5 Å². The smallest absolute Gasteiger partial charge is 0.353 e. The van der Waals surface area contributed by atoms with Crippen molar-refractivity contribution in [3.05, 3.63) is 75.2 Å². The molecule has 1 amide bonds. The van der Waals surface area contributed by atoms with E-state index in [1.165, 1.54) is 30.3 Å². The predicted octanol–water partition coefficient (Wildman–Crippen LogP) is 4.42. The zero-order valence-corrected chi connectivity index (χ0v) is 20.8. The molecule has 12 heteroatoms. The highest BCUT2D eigenvalue weighted by molar-refractivity contribution is 7.14. The molecule has 1 aromatic heterocycles. The van der Waals surface area contributed by atoms with Crippen molar-refractivity contribution in [2.75, 3.05) is 5.32 Å². The molecule has 0 unspecified atom stereocenters. The molecule has 0 radical (unpaired) electrons. The number of rotatable bonds is 8. The Bertz CT molecular complexity index is 1340. The van der Waals surface area contributed by atoms with Gasteiger partial charge < -0.3 is 26.0 Å². The van der Waals surface area contributed by atoms with E-state index >= 15 is 0 Å². The van der Waals surface area contributed by atoms with Crippen molar-refractivity contribution in [1.82, 2.24) is 0 Å². The van der Waals surface area contributed by atoms with Gasteiger partial charge in [0.05, 0.1) is 0 Å². The SMILES string of the molecule is CC(C)(Cc1ccc(C(=O)Oc2ccc(C(=N)N)cc2F)s1)C(=O)Nc1ccc(O)c(C(=O)O)c1.Cl. The van der Waals surface area contributed by atoms with E-state index in [2.05, 4.69) is 5.32 Å². The Labute approximate surface area is 215 Å². The van der Waals surface area contributed by atoms with Gasteiger partial charge in [-0.25, -0.2) is 14.0 Å². The number of halogens is 2. The Morgan fingerprint density at radius 2 is 1.83 bits per heavy atom. The summed E-state index contributed by atoms with van der Waals surface area (Å²) >= 11 is 1.09. The van der Waals surface area contributed by atoms with Crippen LogP contribution in [0.4, 0.5) is 10.1 Å². The van der Waals surface area contributed by atoms with E-state index in [0.717, 1.165) is 23.5 Å². The number of ether oxygens (including phenoxy) is 1. The molecule has 0 bridgehead atoms. The highest BCUT2D eigenvalue weighted by Crippen LogP contribution is 2.30. The van der Waals surface area contributed by atoms with E-state index in [1.807, 2.05) is 0 Å². The number of anilines is 1. The van der Waals surface area contributed by atoms with Gasteiger partial charge in [-0.2, -0.15) is 0 Å². The summed E-state index contributed by atoms with van der Waals surface area (Å²) < 4.78 is 19.3. The van der Waals surface area contributed by atoms with Crippen LogP contribution in [-0.2, 0) is 11.2 Å². The lowest BCUT2D eigenvalue weighted by atomic mass is 9.87. The molecule has 190 valence electrons. The number of carbonyl (C=O) groups is 3. The van der Waals surface area contributed by atoms with Gasteiger partial charge in [0.2, 0.25) is 5.91 Å². The number of nitrogens with one attached hydrogen (secondary N) is 2. The third-order valence-electron chi connectivity index (χ3n) is 5.02. The Hall–Kier alpha value is -3.96. The maximum absolute atomic E-state index is 14.2. The highest BCUT2D eigenvalue weighted by atomic mass is 35.5. The Morgan fingerprint density at radius 3 is 2.44 bits per heavy atom. The summed E-state index contributed by atoms with van der Waals surface area (Å²) in [5, 5.41) is 28.7. The number of aromatic hydroxyl groups is 1. The van der Waals surface area contributed by atoms with Crippen LogP contribution in [0.5, 0.6) is 11.5 Å². The number of esters is 1. The summed E-state index contributed by atoms with van der Waals surface area (Å²) in [5.41, 5.74) is 4.41. The minimum atomic E-state index is -1.33. The molecule has 0 aliphatic heterocycles. The summed E-state index contributed by atoms with van der Waals surface area (Å²) in [6.07, 6.45) is 0.252. The molecule has 1 heterocycles. The van der Waals surface area contributed by atoms with Gasteiger partial charge >= 0.3 is 11.9 Å². The molecule has 0 spiro atoms. The molecule has 0 aliphatic rings. The van der Waals surface area contributed by atoms with Crippen molar-refractivity contribution >= 4 is 53.1 Å². The number of carboxylic acid groups (broad SMARTS) is 1. The number of thiophene rings is 1. The van der Waals surface area contributed by atoms with Crippen LogP contribution in [0.2, 0.25) is 0 Å². The van der Waals surface area contributed by atoms with Crippen LogP contribution in [0.25, 0.3) is 0 Å². The minimum absolute atomic E-state index is 0. The first-order valence-corrected chi connectivity index (χ1v) is 11.0. The normalized spacial score (nSPS) is 10.8. The number of nitrogen functional groups attached to an aromatic ring is 1. The molecule has 6 N–H and O–H groups in total. The van der Waals surface area contributed by atoms with Gasteiger partial charge in [-0.1, -0.05) is 13.8 Å². The molecule has 3 aromatic rings. The third kappa shape index (κ3) is 6.58. The van der Waals surface area contributed by atoms with Crippen molar-refractivity contribution in [1.29, 1.82) is 5.41 Å². The third-order valence-corrected chi connectivity index (χ3v) is 6.09. The van der Waals surface area contributed by atoms with Crippen LogP contribution in [0.15, 0.2) is 48.5 Å². The average molecular weight is 536 g/mol. The number of nitrogens with two attached hydrogens (primary N) is 1. The van der Waals surface area contributed by atoms with Gasteiger partial charge in [-0.15, -0.1) is 23.7 Å². The monoisotopic (exact) mass is 535 g/mol. The first-order valence-electron chi connectivity index (χ1n) is 10.2. The lowest BCUT2D eigenvalue weighted by molar-refractivity contribution is -0.123. The lowest BCUT2D eigenvalue weighted by Crippen LogP contribution is -2.32. The summed E-state index contributed by atoms with van der Waals surface area (Å²) in [6.45, 7) is 3.37. The predicted molar refractivity (Wildman–Crippen MR) is 135 cm³/mol. The molecule has 2 aromatic carbocycles. The van der Waals surface area contributed by atoms with Crippen LogP contribution in [0, 0.1) is 16.6 Å². The fourth-order valence-corrected chi connectivity index (χ4v) is 4.20. The second-order valence-corrected chi connectivity index (χ2v) is 9.43. The van der Waals surface area contributed by atoms with Gasteiger partial charge in [0.1, 0.15) is 22.0 Å². The van der Waals surface area contributed by atoms with Gasteiger partial charge in [0.25, 0.3) is 0 Å². The number of amidine groups is 1. The van der Waals surface area contributed by atoms with Gasteiger partial charge in [-0.3, -0.25) is 10.2 Å². The number of carbonyl (C=O) groups excluding carboxylic acids is 2. The quantitative estimate of drug-likeness (QED) is 0.0936. The summed E-state index contributed by atoms with van der Waals surface area (Å²) in [7, 11) is 0. The first-order chi connectivity index (χ1) is 16.4. The lowest BCUT2D eigenvalue weighted by Gasteiger charge is -2.23. The zero-order valence-electron chi connectivity index (χ0n) is 19.1. The molecule has 36 heavy (non-hydrogen) atoms. The molecule has 0 saturated heterocycles. The van der Waals surface area contributed by atoms with E-state index < -0.39 is 34.8 Å². The summed E-state index contributed by atoms with van der Waals surface area (Å²) in [4.78, 5) is 37.4. The summed E-state index contributed by atoms with van der Waals surface area (Å²) in [6, 6.07) is 10.5. The molecular weight excluding hydrogens is 513 g/mol. The zero-order chi connectivity index (χ0) is 25.9. The van der Waals surface area contributed by atoms with Crippen molar-refractivity contribution in [3.63, 3.8) is 0 Å². The number of carboxylic acids is 1. The number of hydrogen-bond donors (Lipinski definition) is 5. The fourth-order valence-electron chi connectivity index (χ4n) is 3.09. The van der Waals surface area contributed by atoms with E-state index in [4.69, 9.17) is 21.0 Å². The molecule has 9 nitrogen and oxygen atoms in total. The molecule has 0 saturated carbocycles. The number of hydrogen-bond acceptors (Lipinski definition) is 7. The second kappa shape index (κ2) is 11.2. The minimum Gasteiger partial charge on any atom is -0.507 e. The van der Waals surface area contributed by atoms with Crippen LogP contribution in [0.1, 0.15) is 44.3 Å². The number of amides is 1. The van der Waals surface area contributed by atoms with E-state index in [0.29, 0.717) is 4.88 Å². The molecule has 0 aliphatic carbocycles. The van der Waals surface area contributed by atoms with E-state index in [1.54, 1.807) is 19.9 Å². The van der Waals surface area contributed by atoms with Crippen LogP contribution < -0.4 is 15.8 Å². The Kier molecular flexibility index (Phi) is 8.79. The van der Waals surface area contributed by atoms with Gasteiger partial charge in [0, 0.05) is 21.5 Å². The standard InChI is InChI=1S/C24H22FN3O6S.ClH/c1-24(2,23(33)28-13-4-6-17(29)15(10-13)21(30)31)11-14-5-8-19(35-14)22(32)34-18-7-3-12(20(26)27)9-16(18)25;/h3-10,29H,11H2,1-2H3,(H3,26,27)(H,28,33)(H,30,31);1H. The molecule has 0 atom stereocenters. The van der Waals surface area contributed by atoms with Crippen LogP contribution >= 0.6 is 23.7 Å². The van der Waals surface area contributed by atoms with Crippen LogP contribution in [0.3, 0.4) is 0 Å². The molecular formula is C24H23ClFN3O6S.